The van der Waals surface area contributed by atoms with Crippen molar-refractivity contribution in [1.82, 2.24) is 24.8 Å². The zero-order valence-corrected chi connectivity index (χ0v) is 13.3. The standard InChI is InChI=1S/C18H19N5O/c24-18(16-19-10-2-11-20-16)22-14-4-6-15(7-5-14)23-12-8-13-3-1-9-21-17(13)23/h1-3,8-12,14-15H,4-7H2,(H,22,24). The van der Waals surface area contributed by atoms with Crippen molar-refractivity contribution in [1.29, 1.82) is 0 Å². The quantitative estimate of drug-likeness (QED) is 0.805. The van der Waals surface area contributed by atoms with Crippen molar-refractivity contribution in [3.63, 3.8) is 0 Å². The van der Waals surface area contributed by atoms with Gasteiger partial charge in [-0.15, -0.1) is 0 Å². The third-order valence-corrected chi connectivity index (χ3v) is 4.67. The van der Waals surface area contributed by atoms with Crippen molar-refractivity contribution in [2.45, 2.75) is 37.8 Å². The monoisotopic (exact) mass is 321 g/mol. The van der Waals surface area contributed by atoms with Gasteiger partial charge in [-0.1, -0.05) is 0 Å². The summed E-state index contributed by atoms with van der Waals surface area (Å²) < 4.78 is 2.27. The summed E-state index contributed by atoms with van der Waals surface area (Å²) in [7, 11) is 0. The van der Waals surface area contributed by atoms with Gasteiger partial charge in [0.05, 0.1) is 0 Å². The van der Waals surface area contributed by atoms with Crippen LogP contribution in [0.3, 0.4) is 0 Å². The van der Waals surface area contributed by atoms with Gasteiger partial charge in [0, 0.05) is 42.3 Å². The molecule has 0 aliphatic heterocycles. The highest BCUT2D eigenvalue weighted by molar-refractivity contribution is 5.90. The molecule has 4 rings (SSSR count). The molecule has 6 nitrogen and oxygen atoms in total. The zero-order valence-electron chi connectivity index (χ0n) is 13.3. The summed E-state index contributed by atoms with van der Waals surface area (Å²) in [5.41, 5.74) is 1.04. The van der Waals surface area contributed by atoms with Crippen LogP contribution in [0.4, 0.5) is 0 Å². The van der Waals surface area contributed by atoms with Crippen molar-refractivity contribution in [2.75, 3.05) is 0 Å². The highest BCUT2D eigenvalue weighted by Crippen LogP contribution is 2.31. The molecule has 3 aromatic rings. The van der Waals surface area contributed by atoms with Gasteiger partial charge in [-0.25, -0.2) is 15.0 Å². The minimum absolute atomic E-state index is 0.187. The molecule has 0 bridgehead atoms. The molecular formula is C18H19N5O. The largest absolute Gasteiger partial charge is 0.347 e. The second-order valence-corrected chi connectivity index (χ2v) is 6.19. The first kappa shape index (κ1) is 14.8. The van der Waals surface area contributed by atoms with E-state index in [-0.39, 0.29) is 17.8 Å². The van der Waals surface area contributed by atoms with Crippen molar-refractivity contribution in [2.24, 2.45) is 0 Å². The van der Waals surface area contributed by atoms with E-state index >= 15 is 0 Å². The van der Waals surface area contributed by atoms with Crippen molar-refractivity contribution in [3.05, 3.63) is 54.9 Å². The Hall–Kier alpha value is -2.76. The molecule has 6 heteroatoms. The summed E-state index contributed by atoms with van der Waals surface area (Å²) in [6.07, 6.45) is 11.1. The van der Waals surface area contributed by atoms with E-state index in [9.17, 15) is 4.79 Å². The number of fused-ring (bicyclic) bond motifs is 1. The fourth-order valence-corrected chi connectivity index (χ4v) is 3.45. The van der Waals surface area contributed by atoms with Gasteiger partial charge in [-0.3, -0.25) is 4.79 Å². The van der Waals surface area contributed by atoms with Gasteiger partial charge in [0.1, 0.15) is 5.65 Å². The van der Waals surface area contributed by atoms with Gasteiger partial charge in [0.25, 0.3) is 5.91 Å². The Kier molecular flexibility index (Phi) is 3.94. The maximum Gasteiger partial charge on any atom is 0.289 e. The molecule has 24 heavy (non-hydrogen) atoms. The van der Waals surface area contributed by atoms with Gasteiger partial charge >= 0.3 is 0 Å². The molecule has 0 unspecified atom stereocenters. The van der Waals surface area contributed by atoms with Crippen LogP contribution in [-0.2, 0) is 0 Å². The first-order valence-corrected chi connectivity index (χ1v) is 8.31. The topological polar surface area (TPSA) is 72.7 Å². The maximum absolute atomic E-state index is 12.1. The SMILES string of the molecule is O=C(NC1CCC(n2ccc3cccnc32)CC1)c1ncccn1. The first-order chi connectivity index (χ1) is 11.8. The molecule has 0 atom stereocenters. The molecule has 122 valence electrons. The van der Waals surface area contributed by atoms with Crippen molar-refractivity contribution in [3.8, 4) is 0 Å². The van der Waals surface area contributed by atoms with Crippen LogP contribution in [0.5, 0.6) is 0 Å². The number of hydrogen-bond donors (Lipinski definition) is 1. The molecule has 3 aromatic heterocycles. The molecule has 1 N–H and O–H groups in total. The van der Waals surface area contributed by atoms with Crippen LogP contribution >= 0.6 is 0 Å². The smallest absolute Gasteiger partial charge is 0.289 e. The number of nitrogens with zero attached hydrogens (tertiary/aromatic N) is 4. The molecule has 0 aromatic carbocycles. The van der Waals surface area contributed by atoms with E-state index in [1.54, 1.807) is 18.5 Å². The van der Waals surface area contributed by atoms with Gasteiger partial charge in [0.2, 0.25) is 5.82 Å². The van der Waals surface area contributed by atoms with Crippen molar-refractivity contribution >= 4 is 16.9 Å². The summed E-state index contributed by atoms with van der Waals surface area (Å²) in [4.78, 5) is 24.6. The Balaban J connectivity index is 1.39. The Labute approximate surface area is 140 Å². The van der Waals surface area contributed by atoms with Crippen LogP contribution in [0.2, 0.25) is 0 Å². The molecule has 1 fully saturated rings. The minimum atomic E-state index is -0.188. The fraction of sp³-hybridized carbons (Fsp3) is 0.333. The zero-order chi connectivity index (χ0) is 16.4. The maximum atomic E-state index is 12.1. The number of aromatic nitrogens is 4. The Morgan fingerprint density at radius 2 is 1.75 bits per heavy atom. The Morgan fingerprint density at radius 3 is 2.54 bits per heavy atom. The number of nitrogens with one attached hydrogen (secondary N) is 1. The third kappa shape index (κ3) is 2.87. The summed E-state index contributed by atoms with van der Waals surface area (Å²) in [5, 5.41) is 4.22. The van der Waals surface area contributed by atoms with E-state index < -0.39 is 0 Å². The molecule has 1 aliphatic rings. The average molecular weight is 321 g/mol. The van der Waals surface area contributed by atoms with Crippen LogP contribution in [0.1, 0.15) is 42.3 Å². The number of carbonyl (C=O) groups excluding carboxylic acids is 1. The molecular weight excluding hydrogens is 302 g/mol. The molecule has 3 heterocycles. The minimum Gasteiger partial charge on any atom is -0.347 e. The van der Waals surface area contributed by atoms with Gasteiger partial charge in [-0.2, -0.15) is 0 Å². The van der Waals surface area contributed by atoms with E-state index in [0.717, 1.165) is 31.3 Å². The summed E-state index contributed by atoms with van der Waals surface area (Å²) >= 11 is 0. The number of carbonyl (C=O) groups is 1. The van der Waals surface area contributed by atoms with Crippen LogP contribution in [-0.4, -0.2) is 31.5 Å². The van der Waals surface area contributed by atoms with E-state index in [1.165, 1.54) is 5.39 Å². The third-order valence-electron chi connectivity index (χ3n) is 4.67. The van der Waals surface area contributed by atoms with Crippen LogP contribution in [0, 0.1) is 0 Å². The first-order valence-electron chi connectivity index (χ1n) is 8.31. The van der Waals surface area contributed by atoms with Gasteiger partial charge in [-0.05, 0) is 49.9 Å². The van der Waals surface area contributed by atoms with Crippen LogP contribution in [0.25, 0.3) is 11.0 Å². The predicted octanol–water partition coefficient (Wildman–Crippen LogP) is 2.74. The lowest BCUT2D eigenvalue weighted by Gasteiger charge is -2.30. The van der Waals surface area contributed by atoms with E-state index in [0.29, 0.717) is 6.04 Å². The Morgan fingerprint density at radius 1 is 1.00 bits per heavy atom. The van der Waals surface area contributed by atoms with Crippen LogP contribution in [0.15, 0.2) is 49.1 Å². The molecule has 1 aliphatic carbocycles. The van der Waals surface area contributed by atoms with E-state index in [2.05, 4.69) is 43.2 Å². The highest BCUT2D eigenvalue weighted by Gasteiger charge is 2.25. The normalized spacial score (nSPS) is 20.8. The Bertz CT molecular complexity index is 837. The number of pyridine rings is 1. The summed E-state index contributed by atoms with van der Waals surface area (Å²) in [6, 6.07) is 8.50. The summed E-state index contributed by atoms with van der Waals surface area (Å²) in [5.74, 6) is 0.0485. The molecule has 1 saturated carbocycles. The number of hydrogen-bond acceptors (Lipinski definition) is 4. The molecule has 1 amide bonds. The lowest BCUT2D eigenvalue weighted by atomic mass is 9.91. The average Bonchev–Trinajstić information content (AvgIpc) is 3.07. The lowest BCUT2D eigenvalue weighted by Crippen LogP contribution is -2.38. The molecule has 0 radical (unpaired) electrons. The second-order valence-electron chi connectivity index (χ2n) is 6.19. The highest BCUT2D eigenvalue weighted by atomic mass is 16.2. The van der Waals surface area contributed by atoms with Crippen LogP contribution < -0.4 is 5.32 Å². The van der Waals surface area contributed by atoms with E-state index in [4.69, 9.17) is 0 Å². The van der Waals surface area contributed by atoms with E-state index in [1.807, 2.05) is 12.3 Å². The predicted molar refractivity (Wildman–Crippen MR) is 90.5 cm³/mol. The second kappa shape index (κ2) is 6.39. The lowest BCUT2D eigenvalue weighted by molar-refractivity contribution is 0.0912. The fourth-order valence-electron chi connectivity index (χ4n) is 3.45. The molecule has 0 spiro atoms. The molecule has 0 saturated heterocycles. The summed E-state index contributed by atoms with van der Waals surface area (Å²) in [6.45, 7) is 0. The van der Waals surface area contributed by atoms with Gasteiger partial charge in [0.15, 0.2) is 0 Å². The number of amides is 1. The van der Waals surface area contributed by atoms with Crippen molar-refractivity contribution < 1.29 is 4.79 Å². The van der Waals surface area contributed by atoms with Gasteiger partial charge < -0.3 is 9.88 Å². The number of rotatable bonds is 3.